The Balaban J connectivity index is 1.74. The van der Waals surface area contributed by atoms with Crippen molar-refractivity contribution < 1.29 is 39.0 Å². The number of nitrogens with zero attached hydrogens (tertiary/aromatic N) is 1. The lowest BCUT2D eigenvalue weighted by Gasteiger charge is -2.34. The molecule has 13 heteroatoms. The molecule has 5 amide bonds. The summed E-state index contributed by atoms with van der Waals surface area (Å²) in [5.74, 6) is -3.86. The molecule has 0 bridgehead atoms. The number of carboxylic acid groups (broad SMARTS) is 1. The first-order chi connectivity index (χ1) is 24.2. The van der Waals surface area contributed by atoms with E-state index < -0.39 is 59.9 Å². The molecule has 6 N–H and O–H groups in total. The van der Waals surface area contributed by atoms with Crippen molar-refractivity contribution in [2.24, 2.45) is 23.7 Å². The van der Waals surface area contributed by atoms with Gasteiger partial charge in [0.05, 0.1) is 12.1 Å². The van der Waals surface area contributed by atoms with Crippen LogP contribution in [0.15, 0.2) is 30.3 Å². The normalized spacial score (nSPS) is 21.3. The summed E-state index contributed by atoms with van der Waals surface area (Å²) in [5.41, 5.74) is 0.878. The molecule has 51 heavy (non-hydrogen) atoms. The predicted molar refractivity (Wildman–Crippen MR) is 192 cm³/mol. The van der Waals surface area contributed by atoms with Crippen molar-refractivity contribution in [3.05, 3.63) is 35.9 Å². The summed E-state index contributed by atoms with van der Waals surface area (Å²) >= 11 is 0. The lowest BCUT2D eigenvalue weighted by molar-refractivity contribution is -0.144. The fraction of sp³-hybridized carbons (Fsp3) is 0.684. The highest BCUT2D eigenvalue weighted by Crippen LogP contribution is 2.42. The summed E-state index contributed by atoms with van der Waals surface area (Å²) in [6, 6.07) is 5.42. The molecule has 284 valence electrons. The summed E-state index contributed by atoms with van der Waals surface area (Å²) in [4.78, 5) is 80.2. The molecule has 0 spiro atoms. The number of likely N-dealkylation sites (tertiary alicyclic amines) is 1. The standard InChI is InChI=1S/C38H59N5O8/c1-7-14-28(34(47)37(50)39-24(6)25-15-9-8-10-16-25)40-36(49)33-27-18-13-17-26(27)21-43(33)38(51)32(23(4)5)42-35(48)31(22(2)3)41-29(44)19-11-12-20-30(45)46/h8-10,15-16,22-24,26-28,31-34,47H,7,11-14,17-21H2,1-6H3,(H,39,50)(H,40,49)(H,41,44)(H,42,48)(H,45,46)/t24-,26?,27-,28?,31-,32?,33-,34?/m0/s1. The van der Waals surface area contributed by atoms with Crippen molar-refractivity contribution in [2.45, 2.75) is 136 Å². The largest absolute Gasteiger partial charge is 0.481 e. The van der Waals surface area contributed by atoms with Gasteiger partial charge in [0.1, 0.15) is 18.1 Å². The highest BCUT2D eigenvalue weighted by molar-refractivity contribution is 5.95. The highest BCUT2D eigenvalue weighted by Gasteiger charge is 2.51. The van der Waals surface area contributed by atoms with Gasteiger partial charge >= 0.3 is 5.97 Å². The van der Waals surface area contributed by atoms with Crippen LogP contribution in [0.3, 0.4) is 0 Å². The van der Waals surface area contributed by atoms with Crippen LogP contribution in [-0.2, 0) is 28.8 Å². The van der Waals surface area contributed by atoms with Crippen molar-refractivity contribution >= 4 is 35.5 Å². The number of nitrogens with one attached hydrogen (secondary N) is 4. The van der Waals surface area contributed by atoms with Gasteiger partial charge in [0.2, 0.25) is 23.6 Å². The van der Waals surface area contributed by atoms with Gasteiger partial charge < -0.3 is 36.4 Å². The number of hydrogen-bond acceptors (Lipinski definition) is 7. The van der Waals surface area contributed by atoms with Crippen molar-refractivity contribution in [3.63, 3.8) is 0 Å². The molecule has 2 aliphatic rings. The summed E-state index contributed by atoms with van der Waals surface area (Å²) in [7, 11) is 0. The summed E-state index contributed by atoms with van der Waals surface area (Å²) < 4.78 is 0. The summed E-state index contributed by atoms with van der Waals surface area (Å²) in [6.07, 6.45) is 2.74. The number of amides is 5. The van der Waals surface area contributed by atoms with Crippen LogP contribution in [0.25, 0.3) is 0 Å². The molecule has 2 fully saturated rings. The average Bonchev–Trinajstić information content (AvgIpc) is 3.69. The number of aliphatic hydroxyl groups is 1. The second kappa shape index (κ2) is 19.6. The lowest BCUT2D eigenvalue weighted by atomic mass is 9.92. The van der Waals surface area contributed by atoms with Crippen LogP contribution in [-0.4, -0.2) is 87.4 Å². The first kappa shape index (κ1) is 41.4. The average molecular weight is 714 g/mol. The third kappa shape index (κ3) is 11.5. The zero-order chi connectivity index (χ0) is 37.8. The first-order valence-corrected chi connectivity index (χ1v) is 18.6. The van der Waals surface area contributed by atoms with Crippen LogP contribution in [0.5, 0.6) is 0 Å². The molecule has 1 aliphatic carbocycles. The van der Waals surface area contributed by atoms with Gasteiger partial charge in [-0.25, -0.2) is 0 Å². The number of carbonyl (C=O) groups excluding carboxylic acids is 5. The van der Waals surface area contributed by atoms with E-state index in [0.29, 0.717) is 32.2 Å². The molecule has 1 saturated carbocycles. The minimum atomic E-state index is -1.51. The van der Waals surface area contributed by atoms with E-state index in [1.165, 1.54) is 0 Å². The molecule has 4 unspecified atom stereocenters. The highest BCUT2D eigenvalue weighted by atomic mass is 16.4. The third-order valence-electron chi connectivity index (χ3n) is 10.2. The second-order valence-electron chi connectivity index (χ2n) is 14.9. The van der Waals surface area contributed by atoms with Crippen molar-refractivity contribution in [3.8, 4) is 0 Å². The van der Waals surface area contributed by atoms with Gasteiger partial charge in [-0.15, -0.1) is 0 Å². The minimum Gasteiger partial charge on any atom is -0.481 e. The Morgan fingerprint density at radius 1 is 0.824 bits per heavy atom. The maximum atomic E-state index is 14.3. The zero-order valence-electron chi connectivity index (χ0n) is 31.0. The molecule has 8 atom stereocenters. The van der Waals surface area contributed by atoms with E-state index in [4.69, 9.17) is 5.11 Å². The molecule has 1 heterocycles. The number of carbonyl (C=O) groups is 6. The first-order valence-electron chi connectivity index (χ1n) is 18.6. The third-order valence-corrected chi connectivity index (χ3v) is 10.2. The molecule has 0 aromatic heterocycles. The van der Waals surface area contributed by atoms with Gasteiger partial charge in [-0.1, -0.05) is 77.8 Å². The molecule has 3 rings (SSSR count). The number of rotatable bonds is 19. The van der Waals surface area contributed by atoms with Crippen molar-refractivity contribution in [1.82, 2.24) is 26.2 Å². The van der Waals surface area contributed by atoms with Gasteiger partial charge in [0.15, 0.2) is 6.10 Å². The Hall–Kier alpha value is -4.00. The number of benzene rings is 1. The Morgan fingerprint density at radius 2 is 1.47 bits per heavy atom. The van der Waals surface area contributed by atoms with E-state index in [2.05, 4.69) is 21.3 Å². The molecule has 0 radical (unpaired) electrons. The van der Waals surface area contributed by atoms with Crippen LogP contribution in [0.4, 0.5) is 0 Å². The van der Waals surface area contributed by atoms with E-state index >= 15 is 0 Å². The molecule has 13 nitrogen and oxygen atoms in total. The summed E-state index contributed by atoms with van der Waals surface area (Å²) in [6.45, 7) is 11.3. The molecular weight excluding hydrogens is 654 g/mol. The maximum Gasteiger partial charge on any atom is 0.303 e. The minimum absolute atomic E-state index is 0.0417. The molecule has 1 aliphatic heterocycles. The Morgan fingerprint density at radius 3 is 2.08 bits per heavy atom. The molecular formula is C38H59N5O8. The second-order valence-corrected chi connectivity index (χ2v) is 14.9. The Labute approximate surface area is 302 Å². The fourth-order valence-electron chi connectivity index (χ4n) is 7.34. The van der Waals surface area contributed by atoms with E-state index in [1.807, 2.05) is 58.0 Å². The Kier molecular flexibility index (Phi) is 15.9. The number of unbranched alkanes of at least 4 members (excludes halogenated alkanes) is 1. The van der Waals surface area contributed by atoms with Crippen LogP contribution in [0.1, 0.15) is 111 Å². The van der Waals surface area contributed by atoms with E-state index in [-0.39, 0.29) is 48.5 Å². The molecule has 1 saturated heterocycles. The van der Waals surface area contributed by atoms with Gasteiger partial charge in [-0.05, 0) is 68.3 Å². The SMILES string of the molecule is CCCC(NC(=O)[C@@H]1[C@H]2CCCC2CN1C(=O)C(NC(=O)[C@@H](NC(=O)CCCCC(=O)O)C(C)C)C(C)C)C(O)C(=O)N[C@@H](C)c1ccccc1. The van der Waals surface area contributed by atoms with Gasteiger partial charge in [0, 0.05) is 19.4 Å². The van der Waals surface area contributed by atoms with Crippen LogP contribution < -0.4 is 21.3 Å². The zero-order valence-corrected chi connectivity index (χ0v) is 31.0. The number of fused-ring (bicyclic) bond motifs is 1. The topological polar surface area (TPSA) is 194 Å². The lowest BCUT2D eigenvalue weighted by Crippen LogP contribution is -2.60. The van der Waals surface area contributed by atoms with E-state index in [0.717, 1.165) is 24.8 Å². The number of carboxylic acids is 1. The van der Waals surface area contributed by atoms with Crippen molar-refractivity contribution in [2.75, 3.05) is 6.54 Å². The van der Waals surface area contributed by atoms with E-state index in [1.54, 1.807) is 18.7 Å². The van der Waals surface area contributed by atoms with Crippen molar-refractivity contribution in [1.29, 1.82) is 0 Å². The smallest absolute Gasteiger partial charge is 0.303 e. The van der Waals surface area contributed by atoms with Crippen LogP contribution >= 0.6 is 0 Å². The number of aliphatic carboxylic acids is 1. The monoisotopic (exact) mass is 713 g/mol. The van der Waals surface area contributed by atoms with Crippen LogP contribution in [0.2, 0.25) is 0 Å². The molecule has 1 aromatic rings. The predicted octanol–water partition coefficient (Wildman–Crippen LogP) is 3.06. The number of aliphatic hydroxyl groups excluding tert-OH is 1. The van der Waals surface area contributed by atoms with Gasteiger partial charge in [0.25, 0.3) is 5.91 Å². The molecule has 1 aromatic carbocycles. The number of hydrogen-bond donors (Lipinski definition) is 6. The fourth-order valence-corrected chi connectivity index (χ4v) is 7.34. The quantitative estimate of drug-likeness (QED) is 0.118. The Bertz CT molecular complexity index is 1350. The van der Waals surface area contributed by atoms with E-state index in [9.17, 15) is 33.9 Å². The summed E-state index contributed by atoms with van der Waals surface area (Å²) in [5, 5.41) is 31.4. The van der Waals surface area contributed by atoms with Crippen LogP contribution in [0, 0.1) is 23.7 Å². The van der Waals surface area contributed by atoms with Gasteiger partial charge in [-0.3, -0.25) is 28.8 Å². The van der Waals surface area contributed by atoms with Gasteiger partial charge in [-0.2, -0.15) is 0 Å². The maximum absolute atomic E-state index is 14.3.